The first-order valence-corrected chi connectivity index (χ1v) is 5.85. The molecule has 2 fully saturated rings. The first-order valence-electron chi connectivity index (χ1n) is 5.85. The molecule has 1 amide bonds. The first kappa shape index (κ1) is 11.2. The minimum Gasteiger partial charge on any atom is -0.363 e. The molecule has 2 aliphatic rings. The van der Waals surface area contributed by atoms with Crippen molar-refractivity contribution in [2.45, 2.75) is 38.6 Å². The van der Waals surface area contributed by atoms with Gasteiger partial charge >= 0.3 is 0 Å². The molecule has 16 heavy (non-hydrogen) atoms. The van der Waals surface area contributed by atoms with E-state index >= 15 is 0 Å². The second-order valence-corrected chi connectivity index (χ2v) is 4.68. The van der Waals surface area contributed by atoms with Crippen LogP contribution in [0.5, 0.6) is 0 Å². The Bertz CT molecular complexity index is 314. The number of amides is 1. The fraction of sp³-hybridized carbons (Fsp3) is 0.667. The van der Waals surface area contributed by atoms with E-state index in [1.165, 1.54) is 0 Å². The van der Waals surface area contributed by atoms with Crippen LogP contribution in [-0.2, 0) is 9.59 Å². The van der Waals surface area contributed by atoms with Crippen molar-refractivity contribution in [3.8, 4) is 0 Å². The van der Waals surface area contributed by atoms with Gasteiger partial charge in [0.15, 0.2) is 0 Å². The maximum atomic E-state index is 11.6. The molecule has 0 spiro atoms. The second kappa shape index (κ2) is 4.28. The Morgan fingerprint density at radius 1 is 1.38 bits per heavy atom. The highest BCUT2D eigenvalue weighted by Crippen LogP contribution is 2.30. The van der Waals surface area contributed by atoms with Gasteiger partial charge in [-0.05, 0) is 32.6 Å². The number of carbonyl (C=O) groups excluding carboxylic acids is 2. The summed E-state index contributed by atoms with van der Waals surface area (Å²) in [4.78, 5) is 24.7. The quantitative estimate of drug-likeness (QED) is 0.759. The van der Waals surface area contributed by atoms with Gasteiger partial charge in [0.1, 0.15) is 11.6 Å². The summed E-state index contributed by atoms with van der Waals surface area (Å²) in [6.45, 7) is 5.87. The zero-order chi connectivity index (χ0) is 11.7. The third-order valence-electron chi connectivity index (χ3n) is 3.64. The van der Waals surface area contributed by atoms with Crippen molar-refractivity contribution in [1.82, 2.24) is 10.2 Å². The third-order valence-corrected chi connectivity index (χ3v) is 3.64. The van der Waals surface area contributed by atoms with Crippen molar-refractivity contribution >= 4 is 11.7 Å². The molecule has 0 bridgehead atoms. The van der Waals surface area contributed by atoms with E-state index in [0.29, 0.717) is 6.54 Å². The topological polar surface area (TPSA) is 49.4 Å². The summed E-state index contributed by atoms with van der Waals surface area (Å²) in [7, 11) is 0. The van der Waals surface area contributed by atoms with Crippen LogP contribution in [0.3, 0.4) is 0 Å². The van der Waals surface area contributed by atoms with Gasteiger partial charge in [0.2, 0.25) is 5.91 Å². The van der Waals surface area contributed by atoms with Crippen molar-refractivity contribution in [2.24, 2.45) is 5.92 Å². The fourth-order valence-electron chi connectivity index (χ4n) is 2.66. The molecule has 4 heteroatoms. The van der Waals surface area contributed by atoms with Gasteiger partial charge < -0.3 is 5.32 Å². The number of carbonyl (C=O) groups is 2. The maximum Gasteiger partial charge on any atom is 0.247 e. The number of nitrogens with one attached hydrogen (secondary N) is 1. The molecule has 1 aliphatic heterocycles. The van der Waals surface area contributed by atoms with E-state index < -0.39 is 0 Å². The van der Waals surface area contributed by atoms with E-state index in [0.717, 1.165) is 31.5 Å². The third kappa shape index (κ3) is 1.96. The van der Waals surface area contributed by atoms with Crippen molar-refractivity contribution in [2.75, 3.05) is 6.54 Å². The number of hydrogen-bond acceptors (Lipinski definition) is 3. The van der Waals surface area contributed by atoms with Gasteiger partial charge in [0.05, 0.1) is 6.54 Å². The van der Waals surface area contributed by atoms with Gasteiger partial charge in [-0.1, -0.05) is 6.58 Å². The molecule has 88 valence electrons. The SMILES string of the molecule is C=C1NCC(=O)N1C1CCC(C(C)=O)CC1. The zero-order valence-electron chi connectivity index (χ0n) is 9.66. The Morgan fingerprint density at radius 2 is 2.00 bits per heavy atom. The molecule has 4 nitrogen and oxygen atoms in total. The minimum absolute atomic E-state index is 0.108. The summed E-state index contributed by atoms with van der Waals surface area (Å²) in [5.74, 6) is 1.31. The Morgan fingerprint density at radius 3 is 2.44 bits per heavy atom. The van der Waals surface area contributed by atoms with E-state index in [1.54, 1.807) is 11.8 Å². The van der Waals surface area contributed by atoms with E-state index in [9.17, 15) is 9.59 Å². The van der Waals surface area contributed by atoms with Gasteiger partial charge in [-0.2, -0.15) is 0 Å². The standard InChI is InChI=1S/C12H18N2O2/c1-8(15)10-3-5-11(6-4-10)14-9(2)13-7-12(14)16/h10-11,13H,2-7H2,1H3. The predicted octanol–water partition coefficient (Wildman–Crippen LogP) is 1.04. The monoisotopic (exact) mass is 222 g/mol. The Labute approximate surface area is 95.7 Å². The summed E-state index contributed by atoms with van der Waals surface area (Å²) in [5.41, 5.74) is 0. The van der Waals surface area contributed by atoms with Crippen molar-refractivity contribution in [1.29, 1.82) is 0 Å². The molecule has 1 heterocycles. The summed E-state index contributed by atoms with van der Waals surface area (Å²) >= 11 is 0. The molecule has 1 aliphatic carbocycles. The van der Waals surface area contributed by atoms with Crippen LogP contribution in [0.15, 0.2) is 12.4 Å². The lowest BCUT2D eigenvalue weighted by Crippen LogP contribution is -2.39. The van der Waals surface area contributed by atoms with E-state index in [2.05, 4.69) is 11.9 Å². The zero-order valence-corrected chi connectivity index (χ0v) is 9.66. The van der Waals surface area contributed by atoms with Crippen LogP contribution >= 0.6 is 0 Å². The molecular weight excluding hydrogens is 204 g/mol. The number of rotatable bonds is 2. The van der Waals surface area contributed by atoms with Gasteiger partial charge in [0.25, 0.3) is 0 Å². The highest BCUT2D eigenvalue weighted by atomic mass is 16.2. The smallest absolute Gasteiger partial charge is 0.247 e. The number of hydrogen-bond donors (Lipinski definition) is 1. The lowest BCUT2D eigenvalue weighted by molar-refractivity contribution is -0.128. The summed E-state index contributed by atoms with van der Waals surface area (Å²) in [5, 5.41) is 2.97. The molecule has 1 N–H and O–H groups in total. The first-order chi connectivity index (χ1) is 7.59. The van der Waals surface area contributed by atoms with Crippen LogP contribution in [0.25, 0.3) is 0 Å². The molecule has 1 saturated carbocycles. The van der Waals surface area contributed by atoms with Crippen LogP contribution in [0.4, 0.5) is 0 Å². The largest absolute Gasteiger partial charge is 0.363 e. The Hall–Kier alpha value is -1.32. The highest BCUT2D eigenvalue weighted by molar-refractivity contribution is 5.83. The van der Waals surface area contributed by atoms with Crippen molar-refractivity contribution < 1.29 is 9.59 Å². The number of Topliss-reactive ketones (excluding diaryl/α,β-unsaturated/α-hetero) is 1. The average Bonchev–Trinajstić information content (AvgIpc) is 2.59. The number of ketones is 1. The molecule has 0 aromatic rings. The van der Waals surface area contributed by atoms with Gasteiger partial charge in [-0.3, -0.25) is 14.5 Å². The molecule has 2 rings (SSSR count). The predicted molar refractivity (Wildman–Crippen MR) is 60.4 cm³/mol. The average molecular weight is 222 g/mol. The molecule has 0 unspecified atom stereocenters. The van der Waals surface area contributed by atoms with Crippen LogP contribution < -0.4 is 5.32 Å². The van der Waals surface area contributed by atoms with Crippen LogP contribution in [0.2, 0.25) is 0 Å². The minimum atomic E-state index is 0.108. The van der Waals surface area contributed by atoms with Crippen molar-refractivity contribution in [3.05, 3.63) is 12.4 Å². The fourth-order valence-corrected chi connectivity index (χ4v) is 2.66. The lowest BCUT2D eigenvalue weighted by Gasteiger charge is -2.33. The molecule has 0 aromatic heterocycles. The molecular formula is C12H18N2O2. The Kier molecular flexibility index (Phi) is 2.99. The van der Waals surface area contributed by atoms with E-state index in [4.69, 9.17) is 0 Å². The van der Waals surface area contributed by atoms with E-state index in [-0.39, 0.29) is 23.7 Å². The summed E-state index contributed by atoms with van der Waals surface area (Å²) in [6.07, 6.45) is 3.63. The Balaban J connectivity index is 1.96. The van der Waals surface area contributed by atoms with Gasteiger partial charge in [-0.25, -0.2) is 0 Å². The molecule has 0 aromatic carbocycles. The van der Waals surface area contributed by atoms with Crippen molar-refractivity contribution in [3.63, 3.8) is 0 Å². The van der Waals surface area contributed by atoms with Crippen LogP contribution in [0.1, 0.15) is 32.6 Å². The molecule has 0 radical (unpaired) electrons. The van der Waals surface area contributed by atoms with Gasteiger partial charge in [-0.15, -0.1) is 0 Å². The van der Waals surface area contributed by atoms with Crippen LogP contribution in [-0.4, -0.2) is 29.2 Å². The van der Waals surface area contributed by atoms with Gasteiger partial charge in [0, 0.05) is 12.0 Å². The van der Waals surface area contributed by atoms with E-state index in [1.807, 2.05) is 0 Å². The normalized spacial score (nSPS) is 30.4. The number of nitrogens with zero attached hydrogens (tertiary/aromatic N) is 1. The highest BCUT2D eigenvalue weighted by Gasteiger charge is 2.34. The van der Waals surface area contributed by atoms with Crippen LogP contribution in [0, 0.1) is 5.92 Å². The summed E-state index contributed by atoms with van der Waals surface area (Å²) in [6, 6.07) is 0.241. The molecule has 0 atom stereocenters. The second-order valence-electron chi connectivity index (χ2n) is 4.68. The summed E-state index contributed by atoms with van der Waals surface area (Å²) < 4.78 is 0. The maximum absolute atomic E-state index is 11.6. The molecule has 1 saturated heterocycles. The lowest BCUT2D eigenvalue weighted by atomic mass is 9.83.